The lowest BCUT2D eigenvalue weighted by Gasteiger charge is -2.39. The van der Waals surface area contributed by atoms with E-state index >= 15 is 0 Å². The Morgan fingerprint density at radius 3 is 2.83 bits per heavy atom. The molecule has 0 aromatic heterocycles. The van der Waals surface area contributed by atoms with E-state index in [0.717, 1.165) is 45.2 Å². The van der Waals surface area contributed by atoms with E-state index < -0.39 is 0 Å². The number of nitrogens with zero attached hydrogens (tertiary/aromatic N) is 2. The molecule has 1 saturated carbocycles. The van der Waals surface area contributed by atoms with Gasteiger partial charge in [0, 0.05) is 38.3 Å². The van der Waals surface area contributed by atoms with Crippen LogP contribution in [0, 0.1) is 0 Å². The number of hydrogen-bond acceptors (Lipinski definition) is 4. The lowest BCUT2D eigenvalue weighted by atomic mass is 9.94. The average Bonchev–Trinajstić information content (AvgIpc) is 3.18. The Hall–Kier alpha value is -0.160. The van der Waals surface area contributed by atoms with E-state index in [1.165, 1.54) is 19.3 Å². The molecule has 3 rings (SSSR count). The smallest absolute Gasteiger partial charge is 0.0628 e. The molecule has 0 spiro atoms. The van der Waals surface area contributed by atoms with E-state index in [-0.39, 0.29) is 5.54 Å². The van der Waals surface area contributed by atoms with E-state index in [9.17, 15) is 5.11 Å². The fourth-order valence-corrected chi connectivity index (χ4v) is 3.89. The van der Waals surface area contributed by atoms with Crippen molar-refractivity contribution in [2.24, 2.45) is 0 Å². The van der Waals surface area contributed by atoms with E-state index in [1.807, 2.05) is 0 Å². The zero-order valence-corrected chi connectivity index (χ0v) is 11.6. The summed E-state index contributed by atoms with van der Waals surface area (Å²) in [5.41, 5.74) is 0.0357. The Kier molecular flexibility index (Phi) is 3.63. The van der Waals surface area contributed by atoms with Crippen LogP contribution in [0.1, 0.15) is 32.6 Å². The molecule has 0 amide bonds. The Labute approximate surface area is 110 Å². The molecule has 2 heterocycles. The van der Waals surface area contributed by atoms with Crippen molar-refractivity contribution in [3.8, 4) is 0 Å². The molecule has 0 aromatic carbocycles. The van der Waals surface area contributed by atoms with Crippen molar-refractivity contribution in [1.82, 2.24) is 15.1 Å². The van der Waals surface area contributed by atoms with Gasteiger partial charge in [0.1, 0.15) is 0 Å². The van der Waals surface area contributed by atoms with Gasteiger partial charge in [0.05, 0.1) is 12.1 Å². The molecule has 0 bridgehead atoms. The first-order valence-corrected chi connectivity index (χ1v) is 7.57. The summed E-state index contributed by atoms with van der Waals surface area (Å²) in [6, 6.07) is 1.46. The second kappa shape index (κ2) is 5.08. The number of likely N-dealkylation sites (tertiary alicyclic amines) is 1. The summed E-state index contributed by atoms with van der Waals surface area (Å²) in [7, 11) is 0. The van der Waals surface area contributed by atoms with E-state index in [2.05, 4.69) is 22.0 Å². The minimum atomic E-state index is 0.0357. The Morgan fingerprint density at radius 1 is 1.28 bits per heavy atom. The molecule has 18 heavy (non-hydrogen) atoms. The number of hydrogen-bond donors (Lipinski definition) is 2. The molecular weight excluding hydrogens is 226 g/mol. The van der Waals surface area contributed by atoms with Gasteiger partial charge in [-0.25, -0.2) is 0 Å². The number of aliphatic hydroxyl groups excluding tert-OH is 1. The molecule has 4 heteroatoms. The summed E-state index contributed by atoms with van der Waals surface area (Å²) in [6.07, 6.45) is 5.08. The third-order valence-corrected chi connectivity index (χ3v) is 5.04. The number of rotatable bonds is 3. The van der Waals surface area contributed by atoms with Crippen LogP contribution in [0.25, 0.3) is 0 Å². The topological polar surface area (TPSA) is 38.7 Å². The second-order valence-corrected chi connectivity index (χ2v) is 6.43. The van der Waals surface area contributed by atoms with Crippen LogP contribution in [-0.2, 0) is 0 Å². The summed E-state index contributed by atoms with van der Waals surface area (Å²) in [5.74, 6) is 0. The predicted octanol–water partition coefficient (Wildman–Crippen LogP) is 0.269. The molecule has 1 aliphatic carbocycles. The van der Waals surface area contributed by atoms with Gasteiger partial charge in [-0.1, -0.05) is 0 Å². The highest BCUT2D eigenvalue weighted by molar-refractivity contribution is 5.06. The van der Waals surface area contributed by atoms with Crippen LogP contribution >= 0.6 is 0 Å². The van der Waals surface area contributed by atoms with Crippen LogP contribution in [-0.4, -0.2) is 71.9 Å². The van der Waals surface area contributed by atoms with Gasteiger partial charge < -0.3 is 10.4 Å². The summed E-state index contributed by atoms with van der Waals surface area (Å²) < 4.78 is 0. The minimum Gasteiger partial charge on any atom is -0.394 e. The van der Waals surface area contributed by atoms with Gasteiger partial charge in [0.25, 0.3) is 0 Å². The Bertz CT molecular complexity index is 287. The van der Waals surface area contributed by atoms with Crippen LogP contribution < -0.4 is 5.32 Å². The van der Waals surface area contributed by atoms with Crippen LogP contribution in [0.4, 0.5) is 0 Å². The van der Waals surface area contributed by atoms with Crippen molar-refractivity contribution in [3.05, 3.63) is 0 Å². The van der Waals surface area contributed by atoms with Crippen LogP contribution in [0.15, 0.2) is 0 Å². The quantitative estimate of drug-likeness (QED) is 0.757. The molecule has 2 atom stereocenters. The van der Waals surface area contributed by atoms with Gasteiger partial charge in [-0.2, -0.15) is 0 Å². The molecule has 3 aliphatic rings. The largest absolute Gasteiger partial charge is 0.394 e. The summed E-state index contributed by atoms with van der Waals surface area (Å²) in [5, 5.41) is 13.5. The highest BCUT2D eigenvalue weighted by atomic mass is 16.3. The Balaban J connectivity index is 1.73. The van der Waals surface area contributed by atoms with Crippen molar-refractivity contribution < 1.29 is 5.11 Å². The lowest BCUT2D eigenvalue weighted by molar-refractivity contribution is 0.0392. The molecular formula is C14H27N3O. The molecule has 2 unspecified atom stereocenters. The molecule has 4 nitrogen and oxygen atoms in total. The van der Waals surface area contributed by atoms with Gasteiger partial charge in [-0.15, -0.1) is 0 Å². The third kappa shape index (κ3) is 2.31. The normalized spacial score (nSPS) is 40.0. The zero-order chi connectivity index (χ0) is 12.6. The SMILES string of the molecule is CC1CC(CO)(N2CCCNCC2)CN1C1CC1. The second-order valence-electron chi connectivity index (χ2n) is 6.43. The maximum Gasteiger partial charge on any atom is 0.0628 e. The first-order chi connectivity index (χ1) is 8.75. The van der Waals surface area contributed by atoms with Crippen molar-refractivity contribution in [1.29, 1.82) is 0 Å². The van der Waals surface area contributed by atoms with Gasteiger partial charge in [0.2, 0.25) is 0 Å². The van der Waals surface area contributed by atoms with Crippen LogP contribution in [0.5, 0.6) is 0 Å². The van der Waals surface area contributed by atoms with E-state index in [1.54, 1.807) is 0 Å². The van der Waals surface area contributed by atoms with Gasteiger partial charge >= 0.3 is 0 Å². The molecule has 0 radical (unpaired) electrons. The fraction of sp³-hybridized carbons (Fsp3) is 1.00. The summed E-state index contributed by atoms with van der Waals surface area (Å²) >= 11 is 0. The first kappa shape index (κ1) is 12.9. The summed E-state index contributed by atoms with van der Waals surface area (Å²) in [4.78, 5) is 5.21. The number of aliphatic hydroxyl groups is 1. The first-order valence-electron chi connectivity index (χ1n) is 7.57. The fourth-order valence-electron chi connectivity index (χ4n) is 3.89. The highest BCUT2D eigenvalue weighted by Crippen LogP contribution is 2.39. The zero-order valence-electron chi connectivity index (χ0n) is 11.6. The van der Waals surface area contributed by atoms with Crippen molar-refractivity contribution >= 4 is 0 Å². The van der Waals surface area contributed by atoms with Crippen molar-refractivity contribution in [2.45, 2.75) is 50.2 Å². The van der Waals surface area contributed by atoms with Gasteiger partial charge in [-0.05, 0) is 39.2 Å². The van der Waals surface area contributed by atoms with E-state index in [0.29, 0.717) is 12.6 Å². The molecule has 0 aromatic rings. The van der Waals surface area contributed by atoms with Gasteiger partial charge in [-0.3, -0.25) is 9.80 Å². The molecule has 2 aliphatic heterocycles. The van der Waals surface area contributed by atoms with Crippen molar-refractivity contribution in [3.63, 3.8) is 0 Å². The third-order valence-electron chi connectivity index (χ3n) is 5.04. The standard InChI is InChI=1S/C14H27N3O/c1-12-9-14(11-18,10-17(12)13-3-4-13)16-7-2-5-15-6-8-16/h12-13,15,18H,2-11H2,1H3. The minimum absolute atomic E-state index is 0.0357. The van der Waals surface area contributed by atoms with Gasteiger partial charge in [0.15, 0.2) is 0 Å². The summed E-state index contributed by atoms with van der Waals surface area (Å²) in [6.45, 7) is 8.16. The van der Waals surface area contributed by atoms with E-state index in [4.69, 9.17) is 0 Å². The molecule has 104 valence electrons. The molecule has 2 saturated heterocycles. The molecule has 3 fully saturated rings. The maximum absolute atomic E-state index is 10.0. The Morgan fingerprint density at radius 2 is 2.11 bits per heavy atom. The maximum atomic E-state index is 10.0. The van der Waals surface area contributed by atoms with Crippen LogP contribution in [0.3, 0.4) is 0 Å². The molecule has 2 N–H and O–H groups in total. The highest BCUT2D eigenvalue weighted by Gasteiger charge is 2.49. The average molecular weight is 253 g/mol. The van der Waals surface area contributed by atoms with Crippen LogP contribution in [0.2, 0.25) is 0 Å². The lowest BCUT2D eigenvalue weighted by Crippen LogP contribution is -2.54. The monoisotopic (exact) mass is 253 g/mol. The predicted molar refractivity (Wildman–Crippen MR) is 72.7 cm³/mol. The number of nitrogens with one attached hydrogen (secondary N) is 1. The van der Waals surface area contributed by atoms with Crippen molar-refractivity contribution in [2.75, 3.05) is 39.3 Å².